The monoisotopic (exact) mass is 349 g/mol. The second kappa shape index (κ2) is 5.99. The highest BCUT2D eigenvalue weighted by molar-refractivity contribution is 7.89. The summed E-state index contributed by atoms with van der Waals surface area (Å²) in [5, 5.41) is 10.2. The zero-order valence-corrected chi connectivity index (χ0v) is 14.3. The molecular formula is C15H19N5O3S. The first-order chi connectivity index (χ1) is 11.3. The standard InChI is InChI=1S/C15H19N5O3S/c1-15(2)10-14(21)18-13-4-3-11(9-12(13)15)24(22,23)17-6-8-20-7-5-16-19-20/h3-5,7,9,17H,6,8,10H2,1-2H3,(H,18,21). The molecule has 1 aliphatic rings. The molecule has 0 spiro atoms. The average molecular weight is 349 g/mol. The van der Waals surface area contributed by atoms with Gasteiger partial charge in [0.2, 0.25) is 15.9 Å². The fourth-order valence-corrected chi connectivity index (χ4v) is 3.83. The van der Waals surface area contributed by atoms with Gasteiger partial charge in [0.05, 0.1) is 17.6 Å². The predicted molar refractivity (Wildman–Crippen MR) is 87.9 cm³/mol. The molecule has 128 valence electrons. The van der Waals surface area contributed by atoms with E-state index < -0.39 is 15.4 Å². The number of nitrogens with one attached hydrogen (secondary N) is 2. The average Bonchev–Trinajstić information content (AvgIpc) is 2.99. The first kappa shape index (κ1) is 16.6. The maximum atomic E-state index is 12.5. The van der Waals surface area contributed by atoms with Gasteiger partial charge in [0.15, 0.2) is 0 Å². The normalized spacial score (nSPS) is 16.5. The van der Waals surface area contributed by atoms with E-state index in [0.717, 1.165) is 5.56 Å². The summed E-state index contributed by atoms with van der Waals surface area (Å²) in [6, 6.07) is 4.77. The van der Waals surface area contributed by atoms with E-state index >= 15 is 0 Å². The van der Waals surface area contributed by atoms with Crippen molar-refractivity contribution in [1.82, 2.24) is 19.7 Å². The summed E-state index contributed by atoms with van der Waals surface area (Å²) in [6.07, 6.45) is 3.52. The number of sulfonamides is 1. The van der Waals surface area contributed by atoms with Crippen molar-refractivity contribution in [3.63, 3.8) is 0 Å². The van der Waals surface area contributed by atoms with Gasteiger partial charge in [0.1, 0.15) is 0 Å². The van der Waals surface area contributed by atoms with Gasteiger partial charge in [-0.25, -0.2) is 13.1 Å². The van der Waals surface area contributed by atoms with Crippen molar-refractivity contribution in [2.24, 2.45) is 0 Å². The molecule has 2 heterocycles. The van der Waals surface area contributed by atoms with Crippen LogP contribution in [0.15, 0.2) is 35.5 Å². The van der Waals surface area contributed by atoms with Crippen LogP contribution in [0.2, 0.25) is 0 Å². The molecule has 8 nitrogen and oxygen atoms in total. The minimum absolute atomic E-state index is 0.0611. The SMILES string of the molecule is CC1(C)CC(=O)Nc2ccc(S(=O)(=O)NCCn3ccnn3)cc21. The van der Waals surface area contributed by atoms with Crippen LogP contribution >= 0.6 is 0 Å². The van der Waals surface area contributed by atoms with Crippen LogP contribution in [-0.2, 0) is 26.8 Å². The second-order valence-corrected chi connectivity index (χ2v) is 8.15. The first-order valence-corrected chi connectivity index (χ1v) is 9.04. The number of carbonyl (C=O) groups is 1. The molecule has 0 atom stereocenters. The highest BCUT2D eigenvalue weighted by atomic mass is 32.2. The molecule has 9 heteroatoms. The lowest BCUT2D eigenvalue weighted by molar-refractivity contribution is -0.117. The van der Waals surface area contributed by atoms with Crippen molar-refractivity contribution in [3.05, 3.63) is 36.2 Å². The van der Waals surface area contributed by atoms with Crippen molar-refractivity contribution in [2.75, 3.05) is 11.9 Å². The number of fused-ring (bicyclic) bond motifs is 1. The Hall–Kier alpha value is -2.26. The Morgan fingerprint density at radius 1 is 1.38 bits per heavy atom. The summed E-state index contributed by atoms with van der Waals surface area (Å²) >= 11 is 0. The van der Waals surface area contributed by atoms with Gasteiger partial charge in [-0.2, -0.15) is 0 Å². The quantitative estimate of drug-likeness (QED) is 0.833. The molecule has 1 aromatic heterocycles. The zero-order chi connectivity index (χ0) is 17.4. The van der Waals surface area contributed by atoms with Crippen LogP contribution in [0.3, 0.4) is 0 Å². The molecular weight excluding hydrogens is 330 g/mol. The molecule has 24 heavy (non-hydrogen) atoms. The molecule has 1 aromatic carbocycles. The Morgan fingerprint density at radius 2 is 2.17 bits per heavy atom. The second-order valence-electron chi connectivity index (χ2n) is 6.38. The van der Waals surface area contributed by atoms with Crippen molar-refractivity contribution in [2.45, 2.75) is 37.1 Å². The zero-order valence-electron chi connectivity index (χ0n) is 13.5. The number of hydrogen-bond acceptors (Lipinski definition) is 5. The highest BCUT2D eigenvalue weighted by Gasteiger charge is 2.33. The van der Waals surface area contributed by atoms with Crippen molar-refractivity contribution in [3.8, 4) is 0 Å². The number of nitrogens with zero attached hydrogens (tertiary/aromatic N) is 3. The van der Waals surface area contributed by atoms with Crippen molar-refractivity contribution >= 4 is 21.6 Å². The maximum absolute atomic E-state index is 12.5. The van der Waals surface area contributed by atoms with Crippen molar-refractivity contribution in [1.29, 1.82) is 0 Å². The van der Waals surface area contributed by atoms with Gasteiger partial charge in [-0.3, -0.25) is 9.48 Å². The number of hydrogen-bond donors (Lipinski definition) is 2. The van der Waals surface area contributed by atoms with E-state index in [1.54, 1.807) is 23.0 Å². The minimum atomic E-state index is -3.63. The van der Waals surface area contributed by atoms with Crippen LogP contribution in [0, 0.1) is 0 Å². The predicted octanol–water partition coefficient (Wildman–Crippen LogP) is 0.876. The summed E-state index contributed by atoms with van der Waals surface area (Å²) in [6.45, 7) is 4.47. The largest absolute Gasteiger partial charge is 0.326 e. The van der Waals surface area contributed by atoms with Gasteiger partial charge < -0.3 is 5.32 Å². The Bertz CT molecular complexity index is 859. The third-order valence-electron chi connectivity index (χ3n) is 4.01. The fourth-order valence-electron chi connectivity index (χ4n) is 2.78. The van der Waals surface area contributed by atoms with Gasteiger partial charge in [-0.15, -0.1) is 5.10 Å². The molecule has 1 amide bonds. The van der Waals surface area contributed by atoms with E-state index in [1.807, 2.05) is 13.8 Å². The van der Waals surface area contributed by atoms with Crippen LogP contribution in [0.5, 0.6) is 0 Å². The topological polar surface area (TPSA) is 106 Å². The maximum Gasteiger partial charge on any atom is 0.240 e. The lowest BCUT2D eigenvalue weighted by Crippen LogP contribution is -2.33. The molecule has 0 radical (unpaired) electrons. The van der Waals surface area contributed by atoms with Gasteiger partial charge >= 0.3 is 0 Å². The van der Waals surface area contributed by atoms with Crippen LogP contribution in [-0.4, -0.2) is 35.9 Å². The van der Waals surface area contributed by atoms with Gasteiger partial charge in [-0.1, -0.05) is 19.1 Å². The summed E-state index contributed by atoms with van der Waals surface area (Å²) in [5.41, 5.74) is 1.07. The van der Waals surface area contributed by atoms with Crippen LogP contribution in [0.25, 0.3) is 0 Å². The van der Waals surface area contributed by atoms with Crippen molar-refractivity contribution < 1.29 is 13.2 Å². The van der Waals surface area contributed by atoms with E-state index in [1.165, 1.54) is 12.3 Å². The molecule has 0 saturated heterocycles. The van der Waals surface area contributed by atoms with E-state index in [4.69, 9.17) is 0 Å². The highest BCUT2D eigenvalue weighted by Crippen LogP contribution is 2.38. The third-order valence-corrected chi connectivity index (χ3v) is 5.47. The summed E-state index contributed by atoms with van der Waals surface area (Å²) in [5.74, 6) is -0.0611. The lowest BCUT2D eigenvalue weighted by atomic mass is 9.78. The number of anilines is 1. The molecule has 3 rings (SSSR count). The Labute approximate surface area is 140 Å². The summed E-state index contributed by atoms with van der Waals surface area (Å²) in [4.78, 5) is 11.9. The third kappa shape index (κ3) is 3.31. The first-order valence-electron chi connectivity index (χ1n) is 7.56. The molecule has 0 unspecified atom stereocenters. The van der Waals surface area contributed by atoms with Crippen LogP contribution < -0.4 is 10.0 Å². The number of benzene rings is 1. The van der Waals surface area contributed by atoms with E-state index in [0.29, 0.717) is 18.7 Å². The molecule has 0 aliphatic carbocycles. The molecule has 0 fully saturated rings. The van der Waals surface area contributed by atoms with Crippen LogP contribution in [0.1, 0.15) is 25.8 Å². The molecule has 2 N–H and O–H groups in total. The van der Waals surface area contributed by atoms with Gasteiger partial charge in [0, 0.05) is 30.3 Å². The van der Waals surface area contributed by atoms with Gasteiger partial charge in [0.25, 0.3) is 0 Å². The number of amides is 1. The summed E-state index contributed by atoms with van der Waals surface area (Å²) < 4.78 is 29.1. The Balaban J connectivity index is 1.80. The Kier molecular flexibility index (Phi) is 4.14. The molecule has 1 aliphatic heterocycles. The fraction of sp³-hybridized carbons (Fsp3) is 0.400. The molecule has 0 bridgehead atoms. The lowest BCUT2D eigenvalue weighted by Gasteiger charge is -2.32. The smallest absolute Gasteiger partial charge is 0.240 e. The minimum Gasteiger partial charge on any atom is -0.326 e. The Morgan fingerprint density at radius 3 is 2.88 bits per heavy atom. The van der Waals surface area contributed by atoms with Gasteiger partial charge in [-0.05, 0) is 23.8 Å². The van der Waals surface area contributed by atoms with E-state index in [2.05, 4.69) is 20.4 Å². The van der Waals surface area contributed by atoms with Crippen LogP contribution in [0.4, 0.5) is 5.69 Å². The molecule has 0 saturated carbocycles. The number of aromatic nitrogens is 3. The summed E-state index contributed by atoms with van der Waals surface area (Å²) in [7, 11) is -3.63. The number of rotatable bonds is 5. The van der Waals surface area contributed by atoms with E-state index in [-0.39, 0.29) is 17.3 Å². The number of carbonyl (C=O) groups excluding carboxylic acids is 1. The molecule has 2 aromatic rings. The van der Waals surface area contributed by atoms with E-state index in [9.17, 15) is 13.2 Å².